The first-order valence-corrected chi connectivity index (χ1v) is 9.49. The summed E-state index contributed by atoms with van der Waals surface area (Å²) >= 11 is 0. The van der Waals surface area contributed by atoms with E-state index in [4.69, 9.17) is 0 Å². The summed E-state index contributed by atoms with van der Waals surface area (Å²) in [7, 11) is 3.86. The van der Waals surface area contributed by atoms with Gasteiger partial charge in [0.2, 0.25) is 0 Å². The van der Waals surface area contributed by atoms with Gasteiger partial charge in [0.25, 0.3) is 0 Å². The smallest absolute Gasteiger partial charge is 0.0317 e. The van der Waals surface area contributed by atoms with Crippen LogP contribution in [0.5, 0.6) is 0 Å². The second kappa shape index (κ2) is 7.25. The number of hydrogen-bond acceptors (Lipinski definition) is 1. The van der Waals surface area contributed by atoms with E-state index in [9.17, 15) is 0 Å². The van der Waals surface area contributed by atoms with Gasteiger partial charge in [-0.1, -0.05) is 72.8 Å². The molecule has 0 aliphatic heterocycles. The average molecular weight is 321 g/mol. The minimum Gasteiger partial charge on any atom is -0.303 e. The maximum atomic E-state index is 2.33. The molecule has 118 valence electrons. The quantitative estimate of drug-likeness (QED) is 0.743. The van der Waals surface area contributed by atoms with Crippen LogP contribution < -0.4 is 10.6 Å². The molecule has 3 rings (SSSR count). The molecule has 2 aromatic rings. The van der Waals surface area contributed by atoms with Crippen molar-refractivity contribution in [1.29, 1.82) is 0 Å². The van der Waals surface area contributed by atoms with Gasteiger partial charge in [0.1, 0.15) is 0 Å². The van der Waals surface area contributed by atoms with E-state index in [1.54, 1.807) is 5.31 Å². The lowest BCUT2D eigenvalue weighted by atomic mass is 10.1. The van der Waals surface area contributed by atoms with Crippen LogP contribution >= 0.6 is 7.92 Å². The standard InChI is InChI=1S/C21H24NP/c1-17(22(2)3)20-15-10-16-21(20)23(18-11-6-4-7-12-18)19-13-8-5-9-14-19/h4-15,17H,16H2,1-3H3. The van der Waals surface area contributed by atoms with Gasteiger partial charge in [0, 0.05) is 6.04 Å². The Bertz CT molecular complexity index is 662. The van der Waals surface area contributed by atoms with Gasteiger partial charge in [0.05, 0.1) is 0 Å². The van der Waals surface area contributed by atoms with Crippen molar-refractivity contribution >= 4 is 18.5 Å². The number of hydrogen-bond donors (Lipinski definition) is 0. The highest BCUT2D eigenvalue weighted by Gasteiger charge is 2.25. The van der Waals surface area contributed by atoms with Gasteiger partial charge in [-0.3, -0.25) is 0 Å². The van der Waals surface area contributed by atoms with Crippen LogP contribution in [0.15, 0.2) is 83.7 Å². The molecule has 0 aromatic heterocycles. The molecule has 1 aliphatic carbocycles. The molecule has 0 amide bonds. The van der Waals surface area contributed by atoms with Crippen LogP contribution in [0.25, 0.3) is 0 Å². The fourth-order valence-corrected chi connectivity index (χ4v) is 5.67. The second-order valence-corrected chi connectivity index (χ2v) is 8.40. The minimum atomic E-state index is -0.458. The van der Waals surface area contributed by atoms with Crippen LogP contribution in [0.3, 0.4) is 0 Å². The van der Waals surface area contributed by atoms with E-state index < -0.39 is 7.92 Å². The molecule has 0 radical (unpaired) electrons. The van der Waals surface area contributed by atoms with E-state index in [0.29, 0.717) is 6.04 Å². The fourth-order valence-electron chi connectivity index (χ4n) is 3.01. The molecule has 0 fully saturated rings. The third kappa shape index (κ3) is 3.47. The SMILES string of the molecule is CC(C1=C(P(c2ccccc2)c2ccccc2)CC=C1)N(C)C. The van der Waals surface area contributed by atoms with Crippen molar-refractivity contribution in [2.45, 2.75) is 19.4 Å². The summed E-state index contributed by atoms with van der Waals surface area (Å²) in [6.45, 7) is 2.30. The highest BCUT2D eigenvalue weighted by molar-refractivity contribution is 7.76. The van der Waals surface area contributed by atoms with Crippen molar-refractivity contribution < 1.29 is 0 Å². The molecule has 1 atom stereocenters. The molecule has 0 heterocycles. The summed E-state index contributed by atoms with van der Waals surface area (Å²) < 4.78 is 0. The molecule has 23 heavy (non-hydrogen) atoms. The Balaban J connectivity index is 2.11. The van der Waals surface area contributed by atoms with Crippen LogP contribution in [0.4, 0.5) is 0 Å². The number of allylic oxidation sites excluding steroid dienone is 2. The normalized spacial score (nSPS) is 15.7. The number of benzene rings is 2. The highest BCUT2D eigenvalue weighted by Crippen LogP contribution is 2.49. The first-order chi connectivity index (χ1) is 11.2. The molecule has 0 N–H and O–H groups in total. The van der Waals surface area contributed by atoms with Gasteiger partial charge < -0.3 is 4.90 Å². The molecular weight excluding hydrogens is 297 g/mol. The first-order valence-electron chi connectivity index (χ1n) is 8.14. The largest absolute Gasteiger partial charge is 0.303 e. The van der Waals surface area contributed by atoms with Crippen molar-refractivity contribution in [2.24, 2.45) is 0 Å². The Morgan fingerprint density at radius 2 is 1.39 bits per heavy atom. The summed E-state index contributed by atoms with van der Waals surface area (Å²) in [5.74, 6) is 0. The Hall–Kier alpha value is -1.69. The number of nitrogens with zero attached hydrogens (tertiary/aromatic N) is 1. The van der Waals surface area contributed by atoms with Gasteiger partial charge in [-0.15, -0.1) is 0 Å². The molecule has 0 saturated carbocycles. The lowest BCUT2D eigenvalue weighted by Crippen LogP contribution is -2.27. The molecule has 2 heteroatoms. The van der Waals surface area contributed by atoms with Crippen molar-refractivity contribution in [1.82, 2.24) is 4.90 Å². The van der Waals surface area contributed by atoms with Crippen LogP contribution in [0.1, 0.15) is 13.3 Å². The molecule has 2 aromatic carbocycles. The second-order valence-electron chi connectivity index (χ2n) is 6.15. The summed E-state index contributed by atoms with van der Waals surface area (Å²) in [6, 6.07) is 22.4. The van der Waals surface area contributed by atoms with E-state index in [2.05, 4.69) is 98.7 Å². The Labute approximate surface area is 141 Å². The maximum Gasteiger partial charge on any atom is 0.0317 e. The van der Waals surface area contributed by atoms with Gasteiger partial charge in [-0.05, 0) is 56.9 Å². The monoisotopic (exact) mass is 321 g/mol. The van der Waals surface area contributed by atoms with E-state index in [-0.39, 0.29) is 0 Å². The zero-order chi connectivity index (χ0) is 16.2. The number of rotatable bonds is 5. The molecular formula is C21H24NP. The van der Waals surface area contributed by atoms with Crippen molar-refractivity contribution in [2.75, 3.05) is 14.1 Å². The summed E-state index contributed by atoms with van der Waals surface area (Å²) in [4.78, 5) is 2.30. The number of likely N-dealkylation sites (N-methyl/N-ethyl adjacent to an activating group) is 1. The first kappa shape index (κ1) is 16.2. The molecule has 1 aliphatic rings. The third-order valence-corrected chi connectivity index (χ3v) is 7.07. The predicted molar refractivity (Wildman–Crippen MR) is 103 cm³/mol. The molecule has 1 nitrogen and oxygen atoms in total. The Morgan fingerprint density at radius 1 is 0.870 bits per heavy atom. The molecule has 0 saturated heterocycles. The van der Waals surface area contributed by atoms with Gasteiger partial charge >= 0.3 is 0 Å². The van der Waals surface area contributed by atoms with E-state index in [1.807, 2.05) is 0 Å². The topological polar surface area (TPSA) is 3.24 Å². The third-order valence-electron chi connectivity index (χ3n) is 4.47. The lowest BCUT2D eigenvalue weighted by Gasteiger charge is -2.27. The van der Waals surface area contributed by atoms with Gasteiger partial charge in [-0.2, -0.15) is 0 Å². The minimum absolute atomic E-state index is 0.446. The average Bonchev–Trinajstić information content (AvgIpc) is 3.05. The van der Waals surface area contributed by atoms with Crippen molar-refractivity contribution in [3.63, 3.8) is 0 Å². The van der Waals surface area contributed by atoms with Crippen LogP contribution in [-0.4, -0.2) is 25.0 Å². The van der Waals surface area contributed by atoms with Crippen LogP contribution in [-0.2, 0) is 0 Å². The molecule has 0 spiro atoms. The van der Waals surface area contributed by atoms with Gasteiger partial charge in [0.15, 0.2) is 0 Å². The Kier molecular flexibility index (Phi) is 5.10. The van der Waals surface area contributed by atoms with E-state index >= 15 is 0 Å². The highest BCUT2D eigenvalue weighted by atomic mass is 31.1. The summed E-state index contributed by atoms with van der Waals surface area (Å²) in [5.41, 5.74) is 1.49. The van der Waals surface area contributed by atoms with E-state index in [0.717, 1.165) is 6.42 Å². The van der Waals surface area contributed by atoms with Crippen molar-refractivity contribution in [3.8, 4) is 0 Å². The Morgan fingerprint density at radius 3 is 1.87 bits per heavy atom. The fraction of sp³-hybridized carbons (Fsp3) is 0.238. The van der Waals surface area contributed by atoms with E-state index in [1.165, 1.54) is 16.2 Å². The van der Waals surface area contributed by atoms with Crippen LogP contribution in [0, 0.1) is 0 Å². The summed E-state index contributed by atoms with van der Waals surface area (Å²) in [5, 5.41) is 4.48. The summed E-state index contributed by atoms with van der Waals surface area (Å²) in [6.07, 6.45) is 5.73. The molecule has 0 bridgehead atoms. The zero-order valence-corrected chi connectivity index (χ0v) is 15.0. The van der Waals surface area contributed by atoms with Crippen LogP contribution in [0.2, 0.25) is 0 Å². The maximum absolute atomic E-state index is 2.33. The molecule has 1 unspecified atom stereocenters. The predicted octanol–water partition coefficient (Wildman–Crippen LogP) is 4.28. The zero-order valence-electron chi connectivity index (χ0n) is 14.1. The van der Waals surface area contributed by atoms with Gasteiger partial charge in [-0.25, -0.2) is 0 Å². The lowest BCUT2D eigenvalue weighted by molar-refractivity contribution is 0.354. The van der Waals surface area contributed by atoms with Crippen molar-refractivity contribution in [3.05, 3.63) is 83.7 Å².